The van der Waals surface area contributed by atoms with Gasteiger partial charge in [0.25, 0.3) is 11.8 Å². The monoisotopic (exact) mass is 444 g/mol. The van der Waals surface area contributed by atoms with Gasteiger partial charge < -0.3 is 4.74 Å². The van der Waals surface area contributed by atoms with Crippen molar-refractivity contribution >= 4 is 46.7 Å². The van der Waals surface area contributed by atoms with Crippen LogP contribution in [0.4, 0.5) is 10.5 Å². The molecule has 10 nitrogen and oxygen atoms in total. The molecule has 2 aliphatic heterocycles. The summed E-state index contributed by atoms with van der Waals surface area (Å²) in [5.41, 5.74) is 3.49. The number of nitriles is 1. The molecule has 0 saturated carbocycles. The first kappa shape index (κ1) is 19.8. The van der Waals surface area contributed by atoms with Gasteiger partial charge in [0.15, 0.2) is 11.8 Å². The molecule has 2 atom stereocenters. The minimum Gasteiger partial charge on any atom is -0.460 e. The van der Waals surface area contributed by atoms with E-state index in [1.165, 1.54) is 12.1 Å². The molecule has 1 saturated heterocycles. The molecular weight excluding hydrogens is 435 g/mol. The van der Waals surface area contributed by atoms with E-state index in [-0.39, 0.29) is 21.5 Å². The molecular formula is C18H10Cl2N6O4. The van der Waals surface area contributed by atoms with Gasteiger partial charge in [0.05, 0.1) is 27.4 Å². The molecule has 2 aromatic carbocycles. The number of nitrogens with one attached hydrogen (secondary N) is 2. The molecule has 12 heteroatoms. The summed E-state index contributed by atoms with van der Waals surface area (Å²) in [6, 6.07) is 9.06. The highest BCUT2D eigenvalue weighted by Gasteiger charge is 2.33. The Morgan fingerprint density at radius 1 is 1.13 bits per heavy atom. The van der Waals surface area contributed by atoms with Crippen LogP contribution in [-0.4, -0.2) is 23.9 Å². The minimum absolute atomic E-state index is 0.0297. The van der Waals surface area contributed by atoms with Crippen molar-refractivity contribution in [3.8, 4) is 11.8 Å². The van der Waals surface area contributed by atoms with Gasteiger partial charge in [-0.25, -0.2) is 9.80 Å². The predicted molar refractivity (Wildman–Crippen MR) is 104 cm³/mol. The lowest BCUT2D eigenvalue weighted by Gasteiger charge is -2.30. The van der Waals surface area contributed by atoms with Gasteiger partial charge in [-0.15, -0.1) is 10.2 Å². The van der Waals surface area contributed by atoms with Crippen molar-refractivity contribution in [3.05, 3.63) is 57.6 Å². The van der Waals surface area contributed by atoms with Gasteiger partial charge in [-0.2, -0.15) is 10.7 Å². The zero-order chi connectivity index (χ0) is 21.4. The molecule has 2 unspecified atom stereocenters. The summed E-state index contributed by atoms with van der Waals surface area (Å²) < 4.78 is 5.80. The number of hydrogen-bond donors (Lipinski definition) is 2. The lowest BCUT2D eigenvalue weighted by atomic mass is 10.0. The number of rotatable bonds is 3. The molecule has 2 aliphatic rings. The highest BCUT2D eigenvalue weighted by atomic mass is 35.5. The fourth-order valence-electron chi connectivity index (χ4n) is 2.87. The van der Waals surface area contributed by atoms with E-state index in [9.17, 15) is 14.4 Å². The number of hydrazine groups is 1. The number of carbonyl (C=O) groups excluding carboxylic acids is 3. The zero-order valence-corrected chi connectivity index (χ0v) is 16.3. The smallest absolute Gasteiger partial charge is 0.343 e. The molecule has 2 heterocycles. The molecule has 30 heavy (non-hydrogen) atoms. The van der Waals surface area contributed by atoms with Crippen molar-refractivity contribution in [1.82, 2.24) is 10.7 Å². The Bertz CT molecular complexity index is 1140. The van der Waals surface area contributed by atoms with Crippen molar-refractivity contribution in [2.75, 3.05) is 5.01 Å². The fraction of sp³-hybridized carbons (Fsp3) is 0.111. The first-order valence-corrected chi connectivity index (χ1v) is 9.15. The summed E-state index contributed by atoms with van der Waals surface area (Å²) in [4.78, 5) is 35.6. The van der Waals surface area contributed by atoms with Crippen LogP contribution in [0.25, 0.3) is 0 Å². The molecule has 1 fully saturated rings. The van der Waals surface area contributed by atoms with E-state index in [0.717, 1.165) is 5.01 Å². The summed E-state index contributed by atoms with van der Waals surface area (Å²) >= 11 is 12.6. The quantitative estimate of drug-likeness (QED) is 0.745. The Morgan fingerprint density at radius 2 is 1.83 bits per heavy atom. The van der Waals surface area contributed by atoms with Crippen molar-refractivity contribution in [1.29, 1.82) is 5.26 Å². The SMILES string of the molecule is N#CC1NN(c2cc(Cl)c(OC3N=NC(=O)c4ccccc43)c(Cl)c2)C(=O)NC1=O. The van der Waals surface area contributed by atoms with Crippen LogP contribution in [0.5, 0.6) is 5.75 Å². The topological polar surface area (TPSA) is 136 Å². The number of benzene rings is 2. The molecule has 0 aliphatic carbocycles. The van der Waals surface area contributed by atoms with Crippen LogP contribution in [0.15, 0.2) is 46.6 Å². The van der Waals surface area contributed by atoms with Gasteiger partial charge in [0, 0.05) is 5.56 Å². The number of carbonyl (C=O) groups is 3. The number of hydrogen-bond acceptors (Lipinski definition) is 7. The molecule has 0 aromatic heterocycles. The minimum atomic E-state index is -1.27. The van der Waals surface area contributed by atoms with Crippen LogP contribution in [0.3, 0.4) is 0 Å². The highest BCUT2D eigenvalue weighted by molar-refractivity contribution is 6.37. The Kier molecular flexibility index (Phi) is 5.09. The molecule has 2 aromatic rings. The molecule has 4 amide bonds. The number of halogens is 2. The van der Waals surface area contributed by atoms with E-state index in [0.29, 0.717) is 11.1 Å². The lowest BCUT2D eigenvalue weighted by Crippen LogP contribution is -2.64. The molecule has 2 N–H and O–H groups in total. The van der Waals surface area contributed by atoms with E-state index in [1.54, 1.807) is 30.3 Å². The van der Waals surface area contributed by atoms with E-state index in [1.807, 2.05) is 5.32 Å². The maximum absolute atomic E-state index is 12.1. The number of nitrogens with zero attached hydrogens (tertiary/aromatic N) is 4. The third-order valence-electron chi connectivity index (χ3n) is 4.26. The second-order valence-electron chi connectivity index (χ2n) is 6.14. The first-order chi connectivity index (χ1) is 14.4. The predicted octanol–water partition coefficient (Wildman–Crippen LogP) is 3.13. The Hall–Kier alpha value is -3.52. The fourth-order valence-corrected chi connectivity index (χ4v) is 3.44. The van der Waals surface area contributed by atoms with E-state index in [2.05, 4.69) is 15.7 Å². The number of fused-ring (bicyclic) bond motifs is 1. The Labute approximate surface area is 179 Å². The molecule has 0 spiro atoms. The van der Waals surface area contributed by atoms with Crippen molar-refractivity contribution < 1.29 is 19.1 Å². The number of ether oxygens (including phenoxy) is 1. The molecule has 150 valence electrons. The summed E-state index contributed by atoms with van der Waals surface area (Å²) in [7, 11) is 0. The van der Waals surface area contributed by atoms with E-state index < -0.39 is 30.1 Å². The third-order valence-corrected chi connectivity index (χ3v) is 4.83. The zero-order valence-electron chi connectivity index (χ0n) is 14.8. The highest BCUT2D eigenvalue weighted by Crippen LogP contribution is 2.41. The van der Waals surface area contributed by atoms with Gasteiger partial charge in [0.1, 0.15) is 0 Å². The van der Waals surface area contributed by atoms with E-state index >= 15 is 0 Å². The standard InChI is InChI=1S/C18H10Cl2N6O4/c19-11-5-8(26-18(29)22-16(28)13(7-21)25-26)6-12(20)14(11)30-17-10-4-2-1-3-9(10)15(27)23-24-17/h1-6,13,17,25H,(H,22,28,29). The van der Waals surface area contributed by atoms with Crippen LogP contribution in [0.2, 0.25) is 10.0 Å². The second kappa shape index (κ2) is 7.72. The first-order valence-electron chi connectivity index (χ1n) is 8.39. The summed E-state index contributed by atoms with van der Waals surface area (Å²) in [5, 5.41) is 19.5. The van der Waals surface area contributed by atoms with Gasteiger partial charge in [-0.3, -0.25) is 14.9 Å². The van der Waals surface area contributed by atoms with Crippen LogP contribution >= 0.6 is 23.2 Å². The Morgan fingerprint density at radius 3 is 2.53 bits per heavy atom. The van der Waals surface area contributed by atoms with Gasteiger partial charge in [-0.1, -0.05) is 41.4 Å². The van der Waals surface area contributed by atoms with E-state index in [4.69, 9.17) is 33.2 Å². The van der Waals surface area contributed by atoms with Crippen molar-refractivity contribution in [3.63, 3.8) is 0 Å². The normalized spacial score (nSPS) is 20.4. The average Bonchev–Trinajstić information content (AvgIpc) is 2.72. The summed E-state index contributed by atoms with van der Waals surface area (Å²) in [6.07, 6.45) is -0.947. The molecule has 0 bridgehead atoms. The van der Waals surface area contributed by atoms with Crippen LogP contribution < -0.4 is 20.5 Å². The average molecular weight is 445 g/mol. The molecule has 0 radical (unpaired) electrons. The number of amides is 4. The van der Waals surface area contributed by atoms with Crippen molar-refractivity contribution in [2.24, 2.45) is 10.2 Å². The number of urea groups is 1. The second-order valence-corrected chi connectivity index (χ2v) is 6.95. The number of imide groups is 1. The largest absolute Gasteiger partial charge is 0.460 e. The van der Waals surface area contributed by atoms with Crippen LogP contribution in [-0.2, 0) is 4.79 Å². The molecule has 4 rings (SSSR count). The van der Waals surface area contributed by atoms with Gasteiger partial charge in [0.2, 0.25) is 6.23 Å². The number of anilines is 1. The maximum Gasteiger partial charge on any atom is 0.343 e. The summed E-state index contributed by atoms with van der Waals surface area (Å²) in [6.45, 7) is 0. The maximum atomic E-state index is 12.1. The lowest BCUT2D eigenvalue weighted by molar-refractivity contribution is -0.121. The van der Waals surface area contributed by atoms with Crippen LogP contribution in [0.1, 0.15) is 22.1 Å². The van der Waals surface area contributed by atoms with Gasteiger partial charge in [-0.05, 0) is 18.2 Å². The van der Waals surface area contributed by atoms with Crippen LogP contribution in [0, 0.1) is 11.3 Å². The number of azo groups is 1. The summed E-state index contributed by atoms with van der Waals surface area (Å²) in [5.74, 6) is -1.20. The third kappa shape index (κ3) is 3.46. The van der Waals surface area contributed by atoms with Gasteiger partial charge >= 0.3 is 6.03 Å². The van der Waals surface area contributed by atoms with Crippen molar-refractivity contribution in [2.45, 2.75) is 12.3 Å². The Balaban J connectivity index is 1.64.